The van der Waals surface area contributed by atoms with E-state index >= 15 is 0 Å². The molecule has 0 aliphatic rings. The molecule has 1 rings (SSSR count). The number of rotatable bonds is 9. The van der Waals surface area contributed by atoms with Crippen LogP contribution >= 0.6 is 0 Å². The lowest BCUT2D eigenvalue weighted by Gasteiger charge is -2.12. The number of hydrogen-bond donors (Lipinski definition) is 1. The molecule has 128 valence electrons. The lowest BCUT2D eigenvalue weighted by Crippen LogP contribution is -2.08. The monoisotopic (exact) mass is 344 g/mol. The summed E-state index contributed by atoms with van der Waals surface area (Å²) in [6, 6.07) is 4.41. The highest BCUT2D eigenvalue weighted by Crippen LogP contribution is 2.30. The van der Waals surface area contributed by atoms with Gasteiger partial charge >= 0.3 is 16.1 Å². The van der Waals surface area contributed by atoms with Crippen LogP contribution in [0.15, 0.2) is 24.0 Å². The molecule has 0 unspecified atom stereocenters. The third kappa shape index (κ3) is 6.60. The quantitative estimate of drug-likeness (QED) is 0.317. The van der Waals surface area contributed by atoms with Gasteiger partial charge in [0.05, 0.1) is 20.0 Å². The van der Waals surface area contributed by atoms with Gasteiger partial charge in [0.25, 0.3) is 0 Å². The highest BCUT2D eigenvalue weighted by atomic mass is 32.2. The highest BCUT2D eigenvalue weighted by molar-refractivity contribution is 7.86. The van der Waals surface area contributed by atoms with Gasteiger partial charge < -0.3 is 18.8 Å². The second-order valence-electron chi connectivity index (χ2n) is 4.71. The summed E-state index contributed by atoms with van der Waals surface area (Å²) >= 11 is 0. The van der Waals surface area contributed by atoms with Crippen molar-refractivity contribution in [2.45, 2.75) is 19.8 Å². The molecule has 0 heterocycles. The summed E-state index contributed by atoms with van der Waals surface area (Å²) < 4.78 is 37.8. The van der Waals surface area contributed by atoms with Crippen LogP contribution in [0.3, 0.4) is 0 Å². The maximum absolute atomic E-state index is 11.3. The van der Waals surface area contributed by atoms with E-state index in [4.69, 9.17) is 18.8 Å². The third-order valence-electron chi connectivity index (χ3n) is 2.69. The average Bonchev–Trinajstić information content (AvgIpc) is 2.45. The fraction of sp³-hybridized carbons (Fsp3) is 0.400. The average molecular weight is 344 g/mol. The molecule has 0 saturated heterocycles. The van der Waals surface area contributed by atoms with Crippen LogP contribution in [0.2, 0.25) is 0 Å². The number of methoxy groups -OCH3 is 1. The van der Waals surface area contributed by atoms with E-state index in [1.165, 1.54) is 31.4 Å². The Morgan fingerprint density at radius 2 is 2.00 bits per heavy atom. The van der Waals surface area contributed by atoms with Gasteiger partial charge in [-0.3, -0.25) is 0 Å². The van der Waals surface area contributed by atoms with Crippen molar-refractivity contribution in [2.75, 3.05) is 20.0 Å². The Kier molecular flexibility index (Phi) is 6.89. The van der Waals surface area contributed by atoms with Crippen molar-refractivity contribution in [1.29, 1.82) is 0 Å². The minimum atomic E-state index is -3.70. The Bertz CT molecular complexity index is 677. The molecule has 23 heavy (non-hydrogen) atoms. The van der Waals surface area contributed by atoms with Crippen molar-refractivity contribution in [1.82, 2.24) is 0 Å². The van der Waals surface area contributed by atoms with Gasteiger partial charge in [-0.05, 0) is 30.2 Å². The van der Waals surface area contributed by atoms with Crippen LogP contribution in [0.5, 0.6) is 11.5 Å². The Labute approximate surface area is 135 Å². The Morgan fingerprint density at radius 1 is 1.30 bits per heavy atom. The first-order chi connectivity index (χ1) is 10.8. The summed E-state index contributed by atoms with van der Waals surface area (Å²) in [7, 11) is -2.45. The molecule has 0 aromatic heterocycles. The van der Waals surface area contributed by atoms with Gasteiger partial charge in [0.2, 0.25) is 5.76 Å². The van der Waals surface area contributed by atoms with Crippen molar-refractivity contribution >= 4 is 22.2 Å². The van der Waals surface area contributed by atoms with E-state index in [0.717, 1.165) is 19.1 Å². The van der Waals surface area contributed by atoms with Crippen LogP contribution in [-0.2, 0) is 19.6 Å². The maximum atomic E-state index is 11.3. The number of hydrogen-bond acceptors (Lipinski definition) is 6. The van der Waals surface area contributed by atoms with Gasteiger partial charge in [-0.1, -0.05) is 19.4 Å². The molecule has 7 nitrogen and oxygen atoms in total. The Balaban J connectivity index is 3.17. The molecule has 0 amide bonds. The standard InChI is InChI=1S/C15H20O7S/c1-4-5-8-21-13-9-11(10-14(20-2)15(16)17)6-7-12(13)22-23(3,18)19/h6-7,9-10H,4-5,8H2,1-3H3,(H,16,17)/b14-10+. The number of aliphatic carboxylic acids is 1. The number of carboxylic acid groups (broad SMARTS) is 1. The summed E-state index contributed by atoms with van der Waals surface area (Å²) in [6.07, 6.45) is 3.94. The van der Waals surface area contributed by atoms with Crippen LogP contribution in [0.1, 0.15) is 25.3 Å². The van der Waals surface area contributed by atoms with Gasteiger partial charge in [0.1, 0.15) is 0 Å². The van der Waals surface area contributed by atoms with Crippen molar-refractivity contribution < 1.29 is 32.0 Å². The third-order valence-corrected chi connectivity index (χ3v) is 3.18. The van der Waals surface area contributed by atoms with E-state index in [1.54, 1.807) is 0 Å². The van der Waals surface area contributed by atoms with Gasteiger partial charge in [-0.25, -0.2) is 4.79 Å². The SMILES string of the molecule is CCCCOc1cc(/C=C(/OC)C(=O)O)ccc1OS(C)(=O)=O. The van der Waals surface area contributed by atoms with Crippen LogP contribution < -0.4 is 8.92 Å². The van der Waals surface area contributed by atoms with E-state index < -0.39 is 16.1 Å². The second-order valence-corrected chi connectivity index (χ2v) is 6.29. The summed E-state index contributed by atoms with van der Waals surface area (Å²) in [4.78, 5) is 11.0. The highest BCUT2D eigenvalue weighted by Gasteiger charge is 2.13. The molecule has 0 aliphatic carbocycles. The van der Waals surface area contributed by atoms with Crippen LogP contribution in [0.4, 0.5) is 0 Å². The molecular weight excluding hydrogens is 324 g/mol. The zero-order valence-corrected chi connectivity index (χ0v) is 14.1. The predicted octanol–water partition coefficient (Wildman–Crippen LogP) is 2.28. The molecule has 0 radical (unpaired) electrons. The van der Waals surface area contributed by atoms with E-state index in [2.05, 4.69) is 0 Å². The number of ether oxygens (including phenoxy) is 2. The number of carbonyl (C=O) groups is 1. The molecule has 0 atom stereocenters. The first-order valence-electron chi connectivity index (χ1n) is 6.92. The lowest BCUT2D eigenvalue weighted by molar-refractivity contribution is -0.135. The topological polar surface area (TPSA) is 99.1 Å². The van der Waals surface area contributed by atoms with Gasteiger partial charge in [-0.15, -0.1) is 0 Å². The molecule has 0 fully saturated rings. The van der Waals surface area contributed by atoms with E-state index in [1.807, 2.05) is 6.92 Å². The predicted molar refractivity (Wildman–Crippen MR) is 84.9 cm³/mol. The van der Waals surface area contributed by atoms with E-state index in [-0.39, 0.29) is 17.3 Å². The van der Waals surface area contributed by atoms with E-state index in [0.29, 0.717) is 12.2 Å². The fourth-order valence-electron chi connectivity index (χ4n) is 1.64. The second kappa shape index (κ2) is 8.42. The van der Waals surface area contributed by atoms with Gasteiger partial charge in [0, 0.05) is 0 Å². The number of benzene rings is 1. The zero-order valence-electron chi connectivity index (χ0n) is 13.2. The molecule has 8 heteroatoms. The number of unbranched alkanes of at least 4 members (excludes halogenated alkanes) is 1. The minimum Gasteiger partial charge on any atom is -0.490 e. The number of carboxylic acids is 1. The molecule has 0 aliphatic heterocycles. The molecule has 1 aromatic rings. The molecular formula is C15H20O7S. The first-order valence-corrected chi connectivity index (χ1v) is 8.73. The van der Waals surface area contributed by atoms with Crippen LogP contribution in [0, 0.1) is 0 Å². The minimum absolute atomic E-state index is 0.0510. The largest absolute Gasteiger partial charge is 0.490 e. The van der Waals surface area contributed by atoms with Gasteiger partial charge in [0.15, 0.2) is 11.5 Å². The van der Waals surface area contributed by atoms with Crippen molar-refractivity contribution in [2.24, 2.45) is 0 Å². The molecule has 0 saturated carbocycles. The molecule has 1 N–H and O–H groups in total. The fourth-order valence-corrected chi connectivity index (χ4v) is 2.11. The van der Waals surface area contributed by atoms with Crippen molar-refractivity contribution in [3.8, 4) is 11.5 Å². The summed E-state index contributed by atoms with van der Waals surface area (Å²) in [5.41, 5.74) is 0.483. The lowest BCUT2D eigenvalue weighted by atomic mass is 10.2. The summed E-state index contributed by atoms with van der Waals surface area (Å²) in [5.74, 6) is -1.19. The van der Waals surface area contributed by atoms with Crippen LogP contribution in [-0.4, -0.2) is 39.5 Å². The normalized spacial score (nSPS) is 11.9. The summed E-state index contributed by atoms with van der Waals surface area (Å²) in [6.45, 7) is 2.38. The smallest absolute Gasteiger partial charge is 0.371 e. The first kappa shape index (κ1) is 18.8. The molecule has 1 aromatic carbocycles. The van der Waals surface area contributed by atoms with Gasteiger partial charge in [-0.2, -0.15) is 8.42 Å². The van der Waals surface area contributed by atoms with Crippen molar-refractivity contribution in [3.05, 3.63) is 29.5 Å². The van der Waals surface area contributed by atoms with Crippen molar-refractivity contribution in [3.63, 3.8) is 0 Å². The van der Waals surface area contributed by atoms with Crippen LogP contribution in [0.25, 0.3) is 6.08 Å². The maximum Gasteiger partial charge on any atom is 0.371 e. The molecule has 0 bridgehead atoms. The molecule has 0 spiro atoms. The Hall–Kier alpha value is -2.22. The Morgan fingerprint density at radius 3 is 2.52 bits per heavy atom. The zero-order chi connectivity index (χ0) is 17.5. The summed E-state index contributed by atoms with van der Waals surface area (Å²) in [5, 5.41) is 8.96. The van der Waals surface area contributed by atoms with E-state index in [9.17, 15) is 13.2 Å².